The van der Waals surface area contributed by atoms with E-state index in [-0.39, 0.29) is 24.2 Å². The first kappa shape index (κ1) is 24.1. The van der Waals surface area contributed by atoms with Crippen molar-refractivity contribution in [1.82, 2.24) is 9.78 Å². The molecule has 2 aromatic rings. The highest BCUT2D eigenvalue weighted by Gasteiger charge is 2.30. The van der Waals surface area contributed by atoms with Crippen LogP contribution in [0.4, 0.5) is 0 Å². The van der Waals surface area contributed by atoms with E-state index < -0.39 is 0 Å². The second-order valence-corrected chi connectivity index (χ2v) is 9.28. The van der Waals surface area contributed by atoms with Crippen LogP contribution in [0.1, 0.15) is 70.0 Å². The number of carbonyl (C=O) groups excluding carboxylic acids is 1. The van der Waals surface area contributed by atoms with E-state index in [9.17, 15) is 4.79 Å². The minimum atomic E-state index is -0.295. The van der Waals surface area contributed by atoms with Gasteiger partial charge in [-0.15, -0.1) is 0 Å². The van der Waals surface area contributed by atoms with E-state index in [2.05, 4.69) is 55.1 Å². The van der Waals surface area contributed by atoms with Gasteiger partial charge in [-0.05, 0) is 36.8 Å². The van der Waals surface area contributed by atoms with Crippen LogP contribution < -0.4 is 0 Å². The Bertz CT molecular complexity index is 1020. The van der Waals surface area contributed by atoms with Gasteiger partial charge in [-0.25, -0.2) is 0 Å². The number of rotatable bonds is 9. The van der Waals surface area contributed by atoms with Gasteiger partial charge in [-0.2, -0.15) is 5.10 Å². The largest absolute Gasteiger partial charge is 0.455 e. The molecule has 32 heavy (non-hydrogen) atoms. The highest BCUT2D eigenvalue weighted by atomic mass is 35.5. The lowest BCUT2D eigenvalue weighted by Gasteiger charge is -2.21. The molecule has 0 spiro atoms. The van der Waals surface area contributed by atoms with Gasteiger partial charge in [0.15, 0.2) is 5.76 Å². The maximum atomic E-state index is 11.9. The molecule has 6 nitrogen and oxygen atoms in total. The zero-order valence-corrected chi connectivity index (χ0v) is 20.5. The molecule has 3 rings (SSSR count). The molecule has 2 heterocycles. The fourth-order valence-electron chi connectivity index (χ4n) is 3.49. The molecule has 1 aromatic carbocycles. The first-order valence-corrected chi connectivity index (χ1v) is 11.4. The average Bonchev–Trinajstić information content (AvgIpc) is 3.53. The molecule has 172 valence electrons. The number of hydrogen-bond acceptors (Lipinski definition) is 5. The molecule has 0 saturated heterocycles. The van der Waals surface area contributed by atoms with Gasteiger partial charge in [-0.3, -0.25) is 14.5 Å². The summed E-state index contributed by atoms with van der Waals surface area (Å²) in [6.45, 7) is 12.8. The third-order valence-electron chi connectivity index (χ3n) is 5.35. The molecule has 1 aliphatic heterocycles. The number of benzene rings is 1. The predicted molar refractivity (Wildman–Crippen MR) is 129 cm³/mol. The quantitative estimate of drug-likeness (QED) is 0.271. The third kappa shape index (κ3) is 5.41. The molecule has 0 N–H and O–H groups in total. The van der Waals surface area contributed by atoms with E-state index in [1.165, 1.54) is 5.56 Å². The maximum Gasteiger partial charge on any atom is 0.308 e. The van der Waals surface area contributed by atoms with Crippen molar-refractivity contribution in [3.8, 4) is 0 Å². The van der Waals surface area contributed by atoms with E-state index in [4.69, 9.17) is 21.1 Å². The molecule has 1 aromatic heterocycles. The fraction of sp³-hybridized carbons (Fsp3) is 0.480. The average molecular weight is 458 g/mol. The summed E-state index contributed by atoms with van der Waals surface area (Å²) in [5.41, 5.74) is 4.53. The molecule has 0 radical (unpaired) electrons. The zero-order valence-electron chi connectivity index (χ0n) is 19.7. The van der Waals surface area contributed by atoms with Crippen LogP contribution in [0.2, 0.25) is 5.02 Å². The molecule has 1 aliphatic rings. The van der Waals surface area contributed by atoms with Gasteiger partial charge in [0.25, 0.3) is 0 Å². The number of aliphatic imine (C=N–C) groups is 1. The van der Waals surface area contributed by atoms with Crippen molar-refractivity contribution >= 4 is 35.1 Å². The number of carbonyl (C=O) groups is 1. The van der Waals surface area contributed by atoms with Crippen LogP contribution in [-0.2, 0) is 26.2 Å². The predicted octanol–water partition coefficient (Wildman–Crippen LogP) is 5.80. The van der Waals surface area contributed by atoms with Crippen molar-refractivity contribution in [2.24, 2.45) is 4.99 Å². The summed E-state index contributed by atoms with van der Waals surface area (Å²) in [6, 6.07) is 8.30. The van der Waals surface area contributed by atoms with Gasteiger partial charge in [0.1, 0.15) is 11.7 Å². The smallest absolute Gasteiger partial charge is 0.308 e. The molecule has 0 bridgehead atoms. The highest BCUT2D eigenvalue weighted by Crippen LogP contribution is 2.38. The summed E-state index contributed by atoms with van der Waals surface area (Å²) >= 11 is 6.67. The number of nitrogens with zero attached hydrogens (tertiary/aromatic N) is 3. The van der Waals surface area contributed by atoms with Crippen molar-refractivity contribution in [3.05, 3.63) is 51.8 Å². The molecule has 0 fully saturated rings. The summed E-state index contributed by atoms with van der Waals surface area (Å²) in [6.07, 6.45) is 2.94. The summed E-state index contributed by atoms with van der Waals surface area (Å²) in [7, 11) is 0. The molecule has 0 amide bonds. The summed E-state index contributed by atoms with van der Waals surface area (Å²) in [5.74, 6) is 0.240. The minimum absolute atomic E-state index is 0.0482. The first-order valence-electron chi connectivity index (χ1n) is 11.1. The van der Waals surface area contributed by atoms with Crippen LogP contribution in [0.25, 0.3) is 11.3 Å². The monoisotopic (exact) mass is 457 g/mol. The molecule has 0 aliphatic carbocycles. The van der Waals surface area contributed by atoms with Crippen molar-refractivity contribution in [1.29, 1.82) is 0 Å². The summed E-state index contributed by atoms with van der Waals surface area (Å²) in [4.78, 5) is 16.3. The van der Waals surface area contributed by atoms with Crippen LogP contribution in [0, 0.1) is 6.92 Å². The van der Waals surface area contributed by atoms with E-state index in [1.807, 2.05) is 31.7 Å². The van der Waals surface area contributed by atoms with Crippen LogP contribution in [0.15, 0.2) is 29.3 Å². The fourth-order valence-corrected chi connectivity index (χ4v) is 3.71. The second kappa shape index (κ2) is 9.90. The van der Waals surface area contributed by atoms with Crippen LogP contribution >= 0.6 is 11.6 Å². The van der Waals surface area contributed by atoms with Crippen LogP contribution in [0.5, 0.6) is 0 Å². The molecular formula is C25H32ClN3O3. The number of aromatic nitrogens is 2. The normalized spacial score (nSPS) is 16.0. The number of halogens is 1. The standard InChI is InChI=1S/C25H32ClN3O3/c1-7-9-20(30)31-15-32-24(23-22(26)16(3)28-29(23)8-2)21(19-14-27-19)17-10-12-18(13-11-17)25(4,5)6/h10-14,19H,7-9,15H2,1-6H3/b24-21+. The number of ether oxygens (including phenoxy) is 2. The first-order chi connectivity index (χ1) is 15.2. The Morgan fingerprint density at radius 1 is 1.16 bits per heavy atom. The van der Waals surface area contributed by atoms with E-state index >= 15 is 0 Å². The van der Waals surface area contributed by atoms with Gasteiger partial charge in [0, 0.05) is 24.8 Å². The number of aryl methyl sites for hydroxylation is 2. The van der Waals surface area contributed by atoms with Crippen molar-refractivity contribution in [2.45, 2.75) is 72.4 Å². The SMILES string of the molecule is CCCC(=O)OCO/C(=C(\c1ccc(C(C)(C)C)cc1)C1C=N1)c1c(Cl)c(C)nn1CC. The zero-order chi connectivity index (χ0) is 23.5. The number of hydrogen-bond donors (Lipinski definition) is 0. The van der Waals surface area contributed by atoms with Gasteiger partial charge >= 0.3 is 5.97 Å². The maximum absolute atomic E-state index is 11.9. The molecular weight excluding hydrogens is 426 g/mol. The Balaban J connectivity index is 2.09. The van der Waals surface area contributed by atoms with Gasteiger partial charge in [-0.1, -0.05) is 63.6 Å². The Hall–Kier alpha value is -2.60. The van der Waals surface area contributed by atoms with Crippen molar-refractivity contribution < 1.29 is 14.3 Å². The van der Waals surface area contributed by atoms with Gasteiger partial charge in [0.2, 0.25) is 6.79 Å². The Morgan fingerprint density at radius 2 is 1.81 bits per heavy atom. The summed E-state index contributed by atoms with van der Waals surface area (Å²) < 4.78 is 13.2. The number of esters is 1. The lowest BCUT2D eigenvalue weighted by Crippen LogP contribution is -2.13. The van der Waals surface area contributed by atoms with E-state index in [1.54, 1.807) is 0 Å². The van der Waals surface area contributed by atoms with Gasteiger partial charge in [0.05, 0.1) is 10.7 Å². The highest BCUT2D eigenvalue weighted by molar-refractivity contribution is 6.33. The van der Waals surface area contributed by atoms with E-state index in [0.717, 1.165) is 17.6 Å². The van der Waals surface area contributed by atoms with Crippen molar-refractivity contribution in [2.75, 3.05) is 6.79 Å². The van der Waals surface area contributed by atoms with E-state index in [0.29, 0.717) is 35.1 Å². The molecule has 0 saturated carbocycles. The van der Waals surface area contributed by atoms with Crippen LogP contribution in [-0.4, -0.2) is 34.8 Å². The second-order valence-electron chi connectivity index (χ2n) is 8.91. The Morgan fingerprint density at radius 3 is 2.34 bits per heavy atom. The third-order valence-corrected chi connectivity index (χ3v) is 5.80. The molecule has 1 atom stereocenters. The summed E-state index contributed by atoms with van der Waals surface area (Å²) in [5, 5.41) is 5.07. The lowest BCUT2D eigenvalue weighted by atomic mass is 9.86. The Kier molecular flexibility index (Phi) is 7.44. The minimum Gasteiger partial charge on any atom is -0.455 e. The molecule has 1 unspecified atom stereocenters. The lowest BCUT2D eigenvalue weighted by molar-refractivity contribution is -0.151. The van der Waals surface area contributed by atoms with Gasteiger partial charge < -0.3 is 9.47 Å². The van der Waals surface area contributed by atoms with Crippen LogP contribution in [0.3, 0.4) is 0 Å². The Labute approximate surface area is 195 Å². The van der Waals surface area contributed by atoms with Crippen molar-refractivity contribution in [3.63, 3.8) is 0 Å². The molecule has 7 heteroatoms. The topological polar surface area (TPSA) is 65.7 Å².